The smallest absolute Gasteiger partial charge is 0.132 e. The van der Waals surface area contributed by atoms with Crippen LogP contribution in [0.15, 0.2) is 24.4 Å². The van der Waals surface area contributed by atoms with E-state index in [1.165, 1.54) is 0 Å². The van der Waals surface area contributed by atoms with Gasteiger partial charge >= 0.3 is 0 Å². The van der Waals surface area contributed by atoms with Crippen LogP contribution in [0.1, 0.15) is 11.3 Å². The molecule has 0 aliphatic carbocycles. The normalized spacial score (nSPS) is 10.2. The Bertz CT molecular complexity index is 561. The highest BCUT2D eigenvalue weighted by Crippen LogP contribution is 2.15. The van der Waals surface area contributed by atoms with E-state index in [1.807, 2.05) is 32.2 Å². The number of nitrogens with zero attached hydrogens (tertiary/aromatic N) is 3. The van der Waals surface area contributed by atoms with Crippen LogP contribution in [0, 0.1) is 6.92 Å². The van der Waals surface area contributed by atoms with Gasteiger partial charge in [0.1, 0.15) is 16.6 Å². The Hall–Kier alpha value is -1.95. The Morgan fingerprint density at radius 3 is 2.82 bits per heavy atom. The molecule has 0 aliphatic heterocycles. The van der Waals surface area contributed by atoms with Gasteiger partial charge in [0, 0.05) is 24.4 Å². The number of rotatable bonds is 3. The summed E-state index contributed by atoms with van der Waals surface area (Å²) in [6.07, 6.45) is 1.71. The summed E-state index contributed by atoms with van der Waals surface area (Å²) in [5.41, 5.74) is 7.28. The zero-order valence-electron chi connectivity index (χ0n) is 9.64. The van der Waals surface area contributed by atoms with Gasteiger partial charge in [-0.25, -0.2) is 4.98 Å². The molecule has 0 unspecified atom stereocenters. The topological polar surface area (TPSA) is 68.8 Å². The van der Waals surface area contributed by atoms with Crippen LogP contribution in [-0.4, -0.2) is 19.8 Å². The van der Waals surface area contributed by atoms with Crippen LogP contribution in [0.25, 0.3) is 0 Å². The summed E-state index contributed by atoms with van der Waals surface area (Å²) >= 11 is 4.96. The average Bonchev–Trinajstić information content (AvgIpc) is 2.63. The van der Waals surface area contributed by atoms with Gasteiger partial charge in [0.25, 0.3) is 0 Å². The Kier molecular flexibility index (Phi) is 3.06. The molecule has 5 nitrogen and oxygen atoms in total. The van der Waals surface area contributed by atoms with Gasteiger partial charge in [-0.2, -0.15) is 5.10 Å². The Balaban J connectivity index is 2.33. The van der Waals surface area contributed by atoms with E-state index in [1.54, 1.807) is 10.9 Å². The molecule has 0 saturated carbocycles. The Labute approximate surface area is 105 Å². The number of aromatic nitrogens is 3. The fraction of sp³-hybridized carbons (Fsp3) is 0.182. The molecule has 0 aliphatic rings. The lowest BCUT2D eigenvalue weighted by Crippen LogP contribution is -2.11. The van der Waals surface area contributed by atoms with Crippen molar-refractivity contribution in [2.24, 2.45) is 12.8 Å². The van der Waals surface area contributed by atoms with Crippen LogP contribution in [-0.2, 0) is 7.05 Å². The molecule has 0 amide bonds. The number of hydrogen-bond donors (Lipinski definition) is 2. The van der Waals surface area contributed by atoms with E-state index in [9.17, 15) is 0 Å². The van der Waals surface area contributed by atoms with E-state index in [2.05, 4.69) is 15.4 Å². The van der Waals surface area contributed by atoms with Crippen molar-refractivity contribution in [1.29, 1.82) is 0 Å². The first-order valence-corrected chi connectivity index (χ1v) is 5.50. The van der Waals surface area contributed by atoms with Gasteiger partial charge in [0.15, 0.2) is 0 Å². The summed E-state index contributed by atoms with van der Waals surface area (Å²) in [7, 11) is 1.85. The number of aryl methyl sites for hydroxylation is 2. The van der Waals surface area contributed by atoms with Crippen molar-refractivity contribution in [3.8, 4) is 0 Å². The van der Waals surface area contributed by atoms with Gasteiger partial charge in [-0.15, -0.1) is 0 Å². The molecule has 0 radical (unpaired) electrons. The Morgan fingerprint density at radius 1 is 1.47 bits per heavy atom. The minimum absolute atomic E-state index is 0.364. The van der Waals surface area contributed by atoms with Gasteiger partial charge in [-0.3, -0.25) is 4.68 Å². The number of hydrogen-bond acceptors (Lipinski definition) is 4. The van der Waals surface area contributed by atoms with Crippen LogP contribution in [0.5, 0.6) is 0 Å². The van der Waals surface area contributed by atoms with Crippen LogP contribution >= 0.6 is 12.2 Å². The Morgan fingerprint density at radius 2 is 2.24 bits per heavy atom. The molecule has 17 heavy (non-hydrogen) atoms. The predicted octanol–water partition coefficient (Wildman–Crippen LogP) is 1.50. The number of nitrogens with two attached hydrogens (primary N) is 1. The first-order valence-electron chi connectivity index (χ1n) is 5.10. The molecule has 0 aromatic carbocycles. The highest BCUT2D eigenvalue weighted by molar-refractivity contribution is 7.80. The zero-order valence-corrected chi connectivity index (χ0v) is 10.5. The third-order valence-electron chi connectivity index (χ3n) is 2.31. The summed E-state index contributed by atoms with van der Waals surface area (Å²) in [5, 5.41) is 7.23. The molecule has 3 N–H and O–H groups in total. The highest BCUT2D eigenvalue weighted by Gasteiger charge is 2.04. The van der Waals surface area contributed by atoms with Gasteiger partial charge < -0.3 is 11.1 Å². The van der Waals surface area contributed by atoms with Crippen LogP contribution in [0.3, 0.4) is 0 Å². The lowest BCUT2D eigenvalue weighted by molar-refractivity contribution is 0.776. The SMILES string of the molecule is Cc1cc(C(N)=S)cc(Nc2ccnn2C)n1. The summed E-state index contributed by atoms with van der Waals surface area (Å²) in [6.45, 7) is 1.90. The van der Waals surface area contributed by atoms with Crippen molar-refractivity contribution in [2.45, 2.75) is 6.92 Å². The lowest BCUT2D eigenvalue weighted by atomic mass is 10.2. The summed E-state index contributed by atoms with van der Waals surface area (Å²) in [6, 6.07) is 5.55. The maximum absolute atomic E-state index is 5.61. The molecule has 0 bridgehead atoms. The maximum atomic E-state index is 5.61. The van der Waals surface area contributed by atoms with Crippen LogP contribution in [0.4, 0.5) is 11.6 Å². The first kappa shape index (κ1) is 11.5. The van der Waals surface area contributed by atoms with E-state index in [-0.39, 0.29) is 0 Å². The standard InChI is InChI=1S/C11H13N5S/c1-7-5-8(11(12)17)6-9(14-7)15-10-3-4-13-16(10)2/h3-6H,1-2H3,(H2,12,17)(H,14,15). The number of thiocarbonyl (C=S) groups is 1. The number of nitrogens with one attached hydrogen (secondary N) is 1. The molecule has 2 aromatic rings. The van der Waals surface area contributed by atoms with Crippen LogP contribution in [0.2, 0.25) is 0 Å². The van der Waals surface area contributed by atoms with Gasteiger partial charge in [-0.1, -0.05) is 12.2 Å². The molecule has 88 valence electrons. The second kappa shape index (κ2) is 4.50. The average molecular weight is 247 g/mol. The molecule has 0 atom stereocenters. The number of anilines is 2. The fourth-order valence-corrected chi connectivity index (χ4v) is 1.62. The molecule has 0 saturated heterocycles. The van der Waals surface area contributed by atoms with E-state index >= 15 is 0 Å². The van der Waals surface area contributed by atoms with Crippen molar-refractivity contribution in [1.82, 2.24) is 14.8 Å². The summed E-state index contributed by atoms with van der Waals surface area (Å²) in [4.78, 5) is 4.73. The van der Waals surface area contributed by atoms with Gasteiger partial charge in [0.2, 0.25) is 0 Å². The second-order valence-electron chi connectivity index (χ2n) is 3.71. The largest absolute Gasteiger partial charge is 0.389 e. The molecular formula is C11H13N5S. The number of pyridine rings is 1. The molecule has 2 aromatic heterocycles. The third-order valence-corrected chi connectivity index (χ3v) is 2.55. The van der Waals surface area contributed by atoms with Gasteiger partial charge in [0.05, 0.1) is 6.20 Å². The fourth-order valence-electron chi connectivity index (χ4n) is 1.50. The highest BCUT2D eigenvalue weighted by atomic mass is 32.1. The third kappa shape index (κ3) is 2.59. The monoisotopic (exact) mass is 247 g/mol. The van der Waals surface area contributed by atoms with Crippen molar-refractivity contribution >= 4 is 28.8 Å². The van der Waals surface area contributed by atoms with Gasteiger partial charge in [-0.05, 0) is 19.1 Å². The molecule has 2 heterocycles. The second-order valence-corrected chi connectivity index (χ2v) is 4.15. The molecular weight excluding hydrogens is 234 g/mol. The zero-order chi connectivity index (χ0) is 12.4. The molecule has 0 spiro atoms. The van der Waals surface area contributed by atoms with E-state index in [4.69, 9.17) is 18.0 Å². The lowest BCUT2D eigenvalue weighted by Gasteiger charge is -2.08. The quantitative estimate of drug-likeness (QED) is 0.804. The summed E-state index contributed by atoms with van der Waals surface area (Å²) in [5.74, 6) is 1.56. The van der Waals surface area contributed by atoms with Crippen molar-refractivity contribution in [2.75, 3.05) is 5.32 Å². The maximum Gasteiger partial charge on any atom is 0.132 e. The van der Waals surface area contributed by atoms with Crippen molar-refractivity contribution in [3.63, 3.8) is 0 Å². The molecule has 0 fully saturated rings. The van der Waals surface area contributed by atoms with E-state index in [0.29, 0.717) is 10.8 Å². The van der Waals surface area contributed by atoms with Crippen LogP contribution < -0.4 is 11.1 Å². The minimum Gasteiger partial charge on any atom is -0.389 e. The predicted molar refractivity (Wildman–Crippen MR) is 71.4 cm³/mol. The van der Waals surface area contributed by atoms with Crippen molar-refractivity contribution < 1.29 is 0 Å². The summed E-state index contributed by atoms with van der Waals surface area (Å²) < 4.78 is 1.73. The van der Waals surface area contributed by atoms with E-state index in [0.717, 1.165) is 17.1 Å². The first-order chi connectivity index (χ1) is 8.06. The van der Waals surface area contributed by atoms with Crippen molar-refractivity contribution in [3.05, 3.63) is 35.7 Å². The van der Waals surface area contributed by atoms with E-state index < -0.39 is 0 Å². The minimum atomic E-state index is 0.364. The molecule has 2 rings (SSSR count). The molecule has 6 heteroatoms.